The van der Waals surface area contributed by atoms with Gasteiger partial charge in [0.05, 0.1) is 18.2 Å². The van der Waals surface area contributed by atoms with Crippen LogP contribution in [-0.2, 0) is 4.79 Å². The summed E-state index contributed by atoms with van der Waals surface area (Å²) in [5.41, 5.74) is -0.542. The minimum absolute atomic E-state index is 0.0453. The molecule has 0 aromatic rings. The van der Waals surface area contributed by atoms with Gasteiger partial charge in [-0.2, -0.15) is 5.26 Å². The molecule has 4 saturated carbocycles. The maximum Gasteiger partial charge on any atom is 0.237 e. The molecule has 4 bridgehead atoms. The van der Waals surface area contributed by atoms with Crippen LogP contribution in [0.5, 0.6) is 0 Å². The van der Waals surface area contributed by atoms with Gasteiger partial charge in [-0.3, -0.25) is 4.79 Å². The molecule has 1 amide bonds. The molecule has 0 aromatic heterocycles. The SMILES string of the molecule is CC.N#CC1CCCN1C(=O)CNC12CC3CC(CC(O)(C3)C1)C2. The van der Waals surface area contributed by atoms with Gasteiger partial charge in [0.1, 0.15) is 6.04 Å². The van der Waals surface area contributed by atoms with E-state index in [-0.39, 0.29) is 17.5 Å². The number of nitrogens with zero attached hydrogens (tertiary/aromatic N) is 2. The lowest BCUT2D eigenvalue weighted by Crippen LogP contribution is -2.65. The van der Waals surface area contributed by atoms with Crippen LogP contribution in [0, 0.1) is 23.2 Å². The number of aliphatic hydroxyl groups is 1. The highest BCUT2D eigenvalue weighted by molar-refractivity contribution is 5.79. The predicted octanol–water partition coefficient (Wildman–Crippen LogP) is 2.20. The van der Waals surface area contributed by atoms with Crippen LogP contribution in [0.3, 0.4) is 0 Å². The monoisotopic (exact) mass is 333 g/mol. The summed E-state index contributed by atoms with van der Waals surface area (Å²) in [5.74, 6) is 1.28. The van der Waals surface area contributed by atoms with E-state index in [2.05, 4.69) is 11.4 Å². The summed E-state index contributed by atoms with van der Waals surface area (Å²) >= 11 is 0. The third-order valence-corrected chi connectivity index (χ3v) is 6.37. The van der Waals surface area contributed by atoms with Gasteiger partial charge >= 0.3 is 0 Å². The Kier molecular flexibility index (Phi) is 4.90. The number of carbonyl (C=O) groups is 1. The quantitative estimate of drug-likeness (QED) is 0.830. The average molecular weight is 333 g/mol. The number of hydrogen-bond donors (Lipinski definition) is 2. The van der Waals surface area contributed by atoms with E-state index < -0.39 is 5.60 Å². The molecule has 24 heavy (non-hydrogen) atoms. The number of likely N-dealkylation sites (tertiary alicyclic amines) is 1. The van der Waals surface area contributed by atoms with E-state index in [1.165, 1.54) is 6.42 Å². The summed E-state index contributed by atoms with van der Waals surface area (Å²) in [6.07, 6.45) is 7.87. The second kappa shape index (κ2) is 6.65. The Morgan fingerprint density at radius 2 is 1.96 bits per heavy atom. The van der Waals surface area contributed by atoms with Crippen molar-refractivity contribution in [3.63, 3.8) is 0 Å². The first-order valence-electron chi connectivity index (χ1n) is 9.67. The van der Waals surface area contributed by atoms with E-state index >= 15 is 0 Å². The van der Waals surface area contributed by atoms with Crippen LogP contribution in [0.1, 0.15) is 65.2 Å². The van der Waals surface area contributed by atoms with Crippen molar-refractivity contribution in [2.75, 3.05) is 13.1 Å². The van der Waals surface area contributed by atoms with Gasteiger partial charge in [0.25, 0.3) is 0 Å². The number of amides is 1. The Labute approximate surface area is 145 Å². The summed E-state index contributed by atoms with van der Waals surface area (Å²) in [5, 5.41) is 23.4. The molecule has 3 unspecified atom stereocenters. The second-order valence-corrected chi connectivity index (χ2v) is 8.19. The fourth-order valence-corrected chi connectivity index (χ4v) is 5.99. The number of rotatable bonds is 3. The molecule has 0 radical (unpaired) electrons. The normalized spacial score (nSPS) is 42.4. The third kappa shape index (κ3) is 3.19. The number of carbonyl (C=O) groups excluding carboxylic acids is 1. The molecular weight excluding hydrogens is 302 g/mol. The molecule has 5 heteroatoms. The van der Waals surface area contributed by atoms with E-state index in [1.807, 2.05) is 13.8 Å². The van der Waals surface area contributed by atoms with Crippen molar-refractivity contribution in [3.05, 3.63) is 0 Å². The molecule has 2 N–H and O–H groups in total. The first kappa shape index (κ1) is 17.7. The summed E-state index contributed by atoms with van der Waals surface area (Å²) in [7, 11) is 0. The molecule has 134 valence electrons. The fraction of sp³-hybridized carbons (Fsp3) is 0.895. The molecule has 5 rings (SSSR count). The first-order chi connectivity index (χ1) is 11.5. The Hall–Kier alpha value is -1.12. The van der Waals surface area contributed by atoms with Crippen LogP contribution in [0.25, 0.3) is 0 Å². The van der Waals surface area contributed by atoms with Gasteiger partial charge in [0.15, 0.2) is 0 Å². The minimum Gasteiger partial charge on any atom is -0.390 e. The van der Waals surface area contributed by atoms with Crippen molar-refractivity contribution in [2.45, 2.75) is 82.4 Å². The van der Waals surface area contributed by atoms with Crippen LogP contribution in [0.15, 0.2) is 0 Å². The molecule has 0 aromatic carbocycles. The average Bonchev–Trinajstić information content (AvgIpc) is 3.01. The van der Waals surface area contributed by atoms with E-state index in [0.29, 0.717) is 24.9 Å². The zero-order chi connectivity index (χ0) is 17.4. The molecule has 0 spiro atoms. The van der Waals surface area contributed by atoms with E-state index in [4.69, 9.17) is 5.26 Å². The summed E-state index contributed by atoms with van der Waals surface area (Å²) < 4.78 is 0. The maximum atomic E-state index is 12.4. The van der Waals surface area contributed by atoms with Crippen molar-refractivity contribution in [1.82, 2.24) is 10.2 Å². The first-order valence-corrected chi connectivity index (χ1v) is 9.67. The third-order valence-electron chi connectivity index (χ3n) is 6.37. The Balaban J connectivity index is 0.000000815. The summed E-state index contributed by atoms with van der Waals surface area (Å²) in [6, 6.07) is 1.99. The molecule has 3 atom stereocenters. The van der Waals surface area contributed by atoms with Crippen LogP contribution >= 0.6 is 0 Å². The van der Waals surface area contributed by atoms with Crippen molar-refractivity contribution in [1.29, 1.82) is 5.26 Å². The topological polar surface area (TPSA) is 76.4 Å². The van der Waals surface area contributed by atoms with Crippen LogP contribution in [-0.4, -0.2) is 46.2 Å². The van der Waals surface area contributed by atoms with Crippen LogP contribution < -0.4 is 5.32 Å². The number of nitrogens with one attached hydrogen (secondary N) is 1. The molecule has 1 heterocycles. The molecule has 4 aliphatic carbocycles. The molecule has 5 fully saturated rings. The Bertz CT molecular complexity index is 513. The van der Waals surface area contributed by atoms with Crippen LogP contribution in [0.4, 0.5) is 0 Å². The van der Waals surface area contributed by atoms with Crippen LogP contribution in [0.2, 0.25) is 0 Å². The van der Waals surface area contributed by atoms with Gasteiger partial charge in [-0.05, 0) is 63.2 Å². The fourth-order valence-electron chi connectivity index (χ4n) is 5.99. The van der Waals surface area contributed by atoms with Gasteiger partial charge in [-0.1, -0.05) is 13.8 Å². The predicted molar refractivity (Wildman–Crippen MR) is 92.1 cm³/mol. The van der Waals surface area contributed by atoms with Crippen molar-refractivity contribution < 1.29 is 9.90 Å². The molecule has 1 aliphatic heterocycles. The maximum absolute atomic E-state index is 12.4. The van der Waals surface area contributed by atoms with Gasteiger partial charge < -0.3 is 15.3 Å². The molecular formula is C19H31N3O2. The van der Waals surface area contributed by atoms with Gasteiger partial charge in [0, 0.05) is 12.1 Å². The van der Waals surface area contributed by atoms with Crippen molar-refractivity contribution in [3.8, 4) is 6.07 Å². The zero-order valence-corrected chi connectivity index (χ0v) is 15.1. The largest absolute Gasteiger partial charge is 0.390 e. The lowest BCUT2D eigenvalue weighted by molar-refractivity contribution is -0.147. The minimum atomic E-state index is -0.497. The van der Waals surface area contributed by atoms with E-state index in [0.717, 1.165) is 44.9 Å². The number of hydrogen-bond acceptors (Lipinski definition) is 4. The second-order valence-electron chi connectivity index (χ2n) is 8.19. The Morgan fingerprint density at radius 3 is 2.54 bits per heavy atom. The summed E-state index contributed by atoms with van der Waals surface area (Å²) in [4.78, 5) is 14.2. The molecule has 5 nitrogen and oxygen atoms in total. The van der Waals surface area contributed by atoms with Crippen molar-refractivity contribution >= 4 is 5.91 Å². The standard InChI is InChI=1S/C17H25N3O2.C2H6/c18-9-14-2-1-3-20(14)15(21)10-19-16-5-12-4-13(6-16)8-17(22,7-12)11-16;1-2/h12-14,19,22H,1-8,10-11H2;1-2H3. The summed E-state index contributed by atoms with van der Waals surface area (Å²) in [6.45, 7) is 5.02. The highest BCUT2D eigenvalue weighted by Crippen LogP contribution is 2.57. The molecule has 1 saturated heterocycles. The Morgan fingerprint density at radius 1 is 1.29 bits per heavy atom. The van der Waals surface area contributed by atoms with E-state index in [1.54, 1.807) is 4.90 Å². The molecule has 5 aliphatic rings. The van der Waals surface area contributed by atoms with Gasteiger partial charge in [0.2, 0.25) is 5.91 Å². The van der Waals surface area contributed by atoms with Crippen molar-refractivity contribution in [2.24, 2.45) is 11.8 Å². The zero-order valence-electron chi connectivity index (χ0n) is 15.1. The highest BCUT2D eigenvalue weighted by Gasteiger charge is 2.57. The van der Waals surface area contributed by atoms with E-state index in [9.17, 15) is 9.90 Å². The smallest absolute Gasteiger partial charge is 0.237 e. The number of nitriles is 1. The lowest BCUT2D eigenvalue weighted by atomic mass is 9.51. The van der Waals surface area contributed by atoms with Gasteiger partial charge in [-0.15, -0.1) is 0 Å². The lowest BCUT2D eigenvalue weighted by Gasteiger charge is -2.60. The van der Waals surface area contributed by atoms with Gasteiger partial charge in [-0.25, -0.2) is 0 Å². The highest BCUT2D eigenvalue weighted by atomic mass is 16.3.